The summed E-state index contributed by atoms with van der Waals surface area (Å²) in [5.41, 5.74) is 1.74. The minimum absolute atomic E-state index is 0.232. The Balaban J connectivity index is 1.82. The smallest absolute Gasteiger partial charge is 0.352 e. The van der Waals surface area contributed by atoms with E-state index in [4.69, 9.17) is 4.74 Å². The SMILES string of the molecule is O=C(O)C(=Cc1ccccc1OCc1ccccc1I)NC(=O)c1ccccc1. The van der Waals surface area contributed by atoms with Crippen LogP contribution in [0.25, 0.3) is 6.08 Å². The number of carbonyl (C=O) groups excluding carboxylic acids is 1. The second-order valence-corrected chi connectivity index (χ2v) is 7.26. The molecule has 0 aliphatic rings. The second-order valence-electron chi connectivity index (χ2n) is 6.10. The lowest BCUT2D eigenvalue weighted by Gasteiger charge is -2.12. The van der Waals surface area contributed by atoms with Gasteiger partial charge in [-0.1, -0.05) is 54.6 Å². The zero-order chi connectivity index (χ0) is 20.6. The van der Waals surface area contributed by atoms with Crippen LogP contribution in [0.15, 0.2) is 84.6 Å². The molecule has 0 atom stereocenters. The molecule has 0 spiro atoms. The van der Waals surface area contributed by atoms with Gasteiger partial charge in [0.25, 0.3) is 5.91 Å². The summed E-state index contributed by atoms with van der Waals surface area (Å²) in [5.74, 6) is -1.20. The van der Waals surface area contributed by atoms with Gasteiger partial charge in [0.15, 0.2) is 0 Å². The van der Waals surface area contributed by atoms with Gasteiger partial charge in [-0.3, -0.25) is 4.79 Å². The number of amides is 1. The topological polar surface area (TPSA) is 75.6 Å². The number of hydrogen-bond donors (Lipinski definition) is 2. The van der Waals surface area contributed by atoms with Crippen molar-refractivity contribution in [1.82, 2.24) is 5.32 Å². The number of nitrogens with one attached hydrogen (secondary N) is 1. The summed E-state index contributed by atoms with van der Waals surface area (Å²) in [6.45, 7) is 0.350. The van der Waals surface area contributed by atoms with E-state index in [0.29, 0.717) is 23.5 Å². The molecule has 0 aliphatic carbocycles. The quantitative estimate of drug-likeness (QED) is 0.364. The Kier molecular flexibility index (Phi) is 7.02. The van der Waals surface area contributed by atoms with Gasteiger partial charge in [0.1, 0.15) is 18.1 Å². The molecule has 0 saturated heterocycles. The number of carboxylic acid groups (broad SMARTS) is 1. The van der Waals surface area contributed by atoms with Crippen LogP contribution in [0.5, 0.6) is 5.75 Å². The third kappa shape index (κ3) is 5.68. The fourth-order valence-electron chi connectivity index (χ4n) is 2.59. The molecule has 29 heavy (non-hydrogen) atoms. The Bertz CT molecular complexity index is 1050. The molecule has 2 N–H and O–H groups in total. The fourth-order valence-corrected chi connectivity index (χ4v) is 3.14. The minimum atomic E-state index is -1.23. The van der Waals surface area contributed by atoms with Crippen molar-refractivity contribution in [3.63, 3.8) is 0 Å². The Morgan fingerprint density at radius 3 is 2.31 bits per heavy atom. The molecule has 6 heteroatoms. The Hall–Kier alpha value is -3.13. The molecule has 3 aromatic carbocycles. The van der Waals surface area contributed by atoms with E-state index in [-0.39, 0.29) is 5.70 Å². The molecular formula is C23H18INO4. The molecular weight excluding hydrogens is 481 g/mol. The number of benzene rings is 3. The monoisotopic (exact) mass is 499 g/mol. The van der Waals surface area contributed by atoms with Crippen LogP contribution < -0.4 is 10.1 Å². The average molecular weight is 499 g/mol. The second kappa shape index (κ2) is 9.88. The highest BCUT2D eigenvalue weighted by molar-refractivity contribution is 14.1. The van der Waals surface area contributed by atoms with Crippen LogP contribution in [0.4, 0.5) is 0 Å². The van der Waals surface area contributed by atoms with Gasteiger partial charge in [0.2, 0.25) is 0 Å². The Labute approximate surface area is 182 Å². The Morgan fingerprint density at radius 1 is 0.931 bits per heavy atom. The molecule has 0 unspecified atom stereocenters. The number of carboxylic acids is 1. The van der Waals surface area contributed by atoms with Crippen molar-refractivity contribution >= 4 is 40.5 Å². The summed E-state index contributed by atoms with van der Waals surface area (Å²) >= 11 is 2.24. The van der Waals surface area contributed by atoms with Crippen molar-refractivity contribution in [3.8, 4) is 5.75 Å². The van der Waals surface area contributed by atoms with Crippen LogP contribution in [0.3, 0.4) is 0 Å². The highest BCUT2D eigenvalue weighted by Gasteiger charge is 2.14. The van der Waals surface area contributed by atoms with Gasteiger partial charge in [-0.15, -0.1) is 0 Å². The largest absolute Gasteiger partial charge is 0.488 e. The van der Waals surface area contributed by atoms with Crippen molar-refractivity contribution in [3.05, 3.63) is 105 Å². The van der Waals surface area contributed by atoms with Crippen LogP contribution >= 0.6 is 22.6 Å². The summed E-state index contributed by atoms with van der Waals surface area (Å²) in [7, 11) is 0. The van der Waals surface area contributed by atoms with Crippen molar-refractivity contribution < 1.29 is 19.4 Å². The van der Waals surface area contributed by atoms with E-state index < -0.39 is 11.9 Å². The fraction of sp³-hybridized carbons (Fsp3) is 0.0435. The van der Waals surface area contributed by atoms with Gasteiger partial charge in [0, 0.05) is 20.3 Å². The first-order valence-corrected chi connectivity index (χ1v) is 9.89. The first-order chi connectivity index (χ1) is 14.0. The van der Waals surface area contributed by atoms with Gasteiger partial charge in [-0.25, -0.2) is 4.79 Å². The predicted octanol–water partition coefficient (Wildman–Crippen LogP) is 4.73. The van der Waals surface area contributed by atoms with Crippen LogP contribution in [-0.2, 0) is 11.4 Å². The third-order valence-corrected chi connectivity index (χ3v) is 5.13. The number of aliphatic carboxylic acids is 1. The van der Waals surface area contributed by atoms with Crippen LogP contribution in [0.2, 0.25) is 0 Å². The standard InChI is InChI=1S/C23H18INO4/c24-19-12-6-4-11-18(19)15-29-21-13-7-5-10-17(21)14-20(23(27)28)25-22(26)16-8-2-1-3-9-16/h1-14H,15H2,(H,25,26)(H,27,28). The molecule has 5 nitrogen and oxygen atoms in total. The Morgan fingerprint density at radius 2 is 1.59 bits per heavy atom. The zero-order valence-corrected chi connectivity index (χ0v) is 17.5. The molecule has 1 amide bonds. The molecule has 3 aromatic rings. The molecule has 146 valence electrons. The van der Waals surface area contributed by atoms with Crippen molar-refractivity contribution in [2.45, 2.75) is 6.61 Å². The summed E-state index contributed by atoms with van der Waals surface area (Å²) in [6.07, 6.45) is 1.40. The van der Waals surface area contributed by atoms with E-state index >= 15 is 0 Å². The first kappa shape index (κ1) is 20.6. The number of para-hydroxylation sites is 1. The van der Waals surface area contributed by atoms with E-state index in [0.717, 1.165) is 9.13 Å². The van der Waals surface area contributed by atoms with Gasteiger partial charge >= 0.3 is 5.97 Å². The van der Waals surface area contributed by atoms with Crippen LogP contribution in [-0.4, -0.2) is 17.0 Å². The summed E-state index contributed by atoms with van der Waals surface area (Å²) in [6, 6.07) is 23.4. The average Bonchev–Trinajstić information content (AvgIpc) is 2.74. The van der Waals surface area contributed by atoms with Gasteiger partial charge in [-0.2, -0.15) is 0 Å². The summed E-state index contributed by atoms with van der Waals surface area (Å²) in [4.78, 5) is 24.0. The number of hydrogen-bond acceptors (Lipinski definition) is 3. The van der Waals surface area contributed by atoms with Gasteiger partial charge in [-0.05, 0) is 52.9 Å². The molecule has 0 heterocycles. The highest BCUT2D eigenvalue weighted by atomic mass is 127. The molecule has 0 aromatic heterocycles. The lowest BCUT2D eigenvalue weighted by Crippen LogP contribution is -2.27. The molecule has 0 radical (unpaired) electrons. The summed E-state index contributed by atoms with van der Waals surface area (Å²) in [5, 5.41) is 12.0. The van der Waals surface area contributed by atoms with E-state index in [1.165, 1.54) is 6.08 Å². The maximum absolute atomic E-state index is 12.3. The number of halogens is 1. The lowest BCUT2D eigenvalue weighted by atomic mass is 10.1. The first-order valence-electron chi connectivity index (χ1n) is 8.81. The normalized spacial score (nSPS) is 11.0. The third-order valence-electron chi connectivity index (χ3n) is 4.07. The van der Waals surface area contributed by atoms with Crippen molar-refractivity contribution in [2.24, 2.45) is 0 Å². The van der Waals surface area contributed by atoms with Gasteiger partial charge < -0.3 is 15.2 Å². The van der Waals surface area contributed by atoms with E-state index in [1.54, 1.807) is 48.5 Å². The van der Waals surface area contributed by atoms with E-state index in [9.17, 15) is 14.7 Å². The molecule has 3 rings (SSSR count). The predicted molar refractivity (Wildman–Crippen MR) is 119 cm³/mol. The van der Waals surface area contributed by atoms with Crippen LogP contribution in [0, 0.1) is 3.57 Å². The van der Waals surface area contributed by atoms with Gasteiger partial charge in [0.05, 0.1) is 0 Å². The minimum Gasteiger partial charge on any atom is -0.488 e. The maximum atomic E-state index is 12.3. The maximum Gasteiger partial charge on any atom is 0.352 e. The van der Waals surface area contributed by atoms with Crippen LogP contribution in [0.1, 0.15) is 21.5 Å². The zero-order valence-electron chi connectivity index (χ0n) is 15.3. The molecule has 0 saturated carbocycles. The van der Waals surface area contributed by atoms with E-state index in [2.05, 4.69) is 27.9 Å². The number of ether oxygens (including phenoxy) is 1. The number of rotatable bonds is 7. The number of carbonyl (C=O) groups is 2. The van der Waals surface area contributed by atoms with Crippen molar-refractivity contribution in [2.75, 3.05) is 0 Å². The molecule has 0 fully saturated rings. The summed E-state index contributed by atoms with van der Waals surface area (Å²) < 4.78 is 7.00. The van der Waals surface area contributed by atoms with E-state index in [1.807, 2.05) is 30.3 Å². The lowest BCUT2D eigenvalue weighted by molar-refractivity contribution is -0.132. The highest BCUT2D eigenvalue weighted by Crippen LogP contribution is 2.23. The molecule has 0 aliphatic heterocycles. The molecule has 0 bridgehead atoms. The van der Waals surface area contributed by atoms with Crippen molar-refractivity contribution in [1.29, 1.82) is 0 Å².